The molecule has 110 valence electrons. The highest BCUT2D eigenvalue weighted by Crippen LogP contribution is 2.15. The zero-order chi connectivity index (χ0) is 15.2. The SMILES string of the molecule is CCCNc1cc(C(=O)Nc2cc(F)cc(F)c2)ccn1. The third kappa shape index (κ3) is 4.24. The largest absolute Gasteiger partial charge is 0.370 e. The minimum atomic E-state index is -0.745. The second-order valence-electron chi connectivity index (χ2n) is 4.47. The normalized spacial score (nSPS) is 10.2. The van der Waals surface area contributed by atoms with Gasteiger partial charge in [0.2, 0.25) is 0 Å². The quantitative estimate of drug-likeness (QED) is 0.887. The Morgan fingerprint density at radius 3 is 2.57 bits per heavy atom. The maximum Gasteiger partial charge on any atom is 0.255 e. The van der Waals surface area contributed by atoms with E-state index in [1.807, 2.05) is 6.92 Å². The van der Waals surface area contributed by atoms with Crippen LogP contribution in [0.2, 0.25) is 0 Å². The standard InChI is InChI=1S/C15H15F2N3O/c1-2-4-18-14-6-10(3-5-19-14)15(21)20-13-8-11(16)7-12(17)9-13/h3,5-9H,2,4H2,1H3,(H,18,19)(H,20,21). The summed E-state index contributed by atoms with van der Waals surface area (Å²) in [5.74, 6) is -1.37. The van der Waals surface area contributed by atoms with Crippen molar-refractivity contribution >= 4 is 17.4 Å². The van der Waals surface area contributed by atoms with Crippen LogP contribution in [0.4, 0.5) is 20.3 Å². The zero-order valence-corrected chi connectivity index (χ0v) is 11.5. The first kappa shape index (κ1) is 14.9. The first-order valence-corrected chi connectivity index (χ1v) is 6.56. The number of hydrogen-bond donors (Lipinski definition) is 2. The molecule has 0 saturated heterocycles. The maximum atomic E-state index is 13.1. The second kappa shape index (κ2) is 6.78. The van der Waals surface area contributed by atoms with Gasteiger partial charge in [0.1, 0.15) is 17.5 Å². The lowest BCUT2D eigenvalue weighted by molar-refractivity contribution is 0.102. The molecule has 0 aliphatic rings. The molecule has 1 amide bonds. The zero-order valence-electron chi connectivity index (χ0n) is 11.5. The van der Waals surface area contributed by atoms with E-state index in [0.29, 0.717) is 11.4 Å². The Morgan fingerprint density at radius 1 is 1.19 bits per heavy atom. The molecule has 2 aromatic rings. The number of nitrogens with one attached hydrogen (secondary N) is 2. The van der Waals surface area contributed by atoms with Crippen molar-refractivity contribution in [2.24, 2.45) is 0 Å². The van der Waals surface area contributed by atoms with Gasteiger partial charge in [0.25, 0.3) is 5.91 Å². The summed E-state index contributed by atoms with van der Waals surface area (Å²) in [6.07, 6.45) is 2.43. The van der Waals surface area contributed by atoms with Gasteiger partial charge in [-0.05, 0) is 30.7 Å². The van der Waals surface area contributed by atoms with Crippen LogP contribution in [0.5, 0.6) is 0 Å². The number of hydrogen-bond acceptors (Lipinski definition) is 3. The molecule has 6 heteroatoms. The molecule has 0 bridgehead atoms. The second-order valence-corrected chi connectivity index (χ2v) is 4.47. The van der Waals surface area contributed by atoms with Gasteiger partial charge in [-0.15, -0.1) is 0 Å². The van der Waals surface area contributed by atoms with Gasteiger partial charge in [-0.3, -0.25) is 4.79 Å². The molecular formula is C15H15F2N3O. The van der Waals surface area contributed by atoms with Crippen molar-refractivity contribution in [3.63, 3.8) is 0 Å². The summed E-state index contributed by atoms with van der Waals surface area (Å²) in [7, 11) is 0. The molecule has 21 heavy (non-hydrogen) atoms. The summed E-state index contributed by atoms with van der Waals surface area (Å²) < 4.78 is 26.1. The van der Waals surface area contributed by atoms with Gasteiger partial charge in [0.15, 0.2) is 0 Å². The van der Waals surface area contributed by atoms with Crippen LogP contribution in [0, 0.1) is 11.6 Å². The summed E-state index contributed by atoms with van der Waals surface area (Å²) in [5.41, 5.74) is 0.422. The van der Waals surface area contributed by atoms with Crippen LogP contribution in [-0.2, 0) is 0 Å². The highest BCUT2D eigenvalue weighted by atomic mass is 19.1. The Hall–Kier alpha value is -2.50. The molecule has 1 aromatic carbocycles. The minimum absolute atomic E-state index is 0.0670. The van der Waals surface area contributed by atoms with E-state index in [-0.39, 0.29) is 5.69 Å². The van der Waals surface area contributed by atoms with Gasteiger partial charge in [-0.1, -0.05) is 6.92 Å². The average Bonchev–Trinajstić information content (AvgIpc) is 2.44. The Kier molecular flexibility index (Phi) is 4.81. The summed E-state index contributed by atoms with van der Waals surface area (Å²) in [5, 5.41) is 5.51. The van der Waals surface area contributed by atoms with E-state index in [9.17, 15) is 13.6 Å². The molecule has 2 N–H and O–H groups in total. The Labute approximate surface area is 121 Å². The number of aromatic nitrogens is 1. The fourth-order valence-corrected chi connectivity index (χ4v) is 1.75. The monoisotopic (exact) mass is 291 g/mol. The Morgan fingerprint density at radius 2 is 1.90 bits per heavy atom. The van der Waals surface area contributed by atoms with Crippen molar-refractivity contribution in [2.45, 2.75) is 13.3 Å². The molecule has 0 fully saturated rings. The number of benzene rings is 1. The number of amides is 1. The summed E-state index contributed by atoms with van der Waals surface area (Å²) in [6, 6.07) is 5.97. The predicted molar refractivity (Wildman–Crippen MR) is 77.3 cm³/mol. The van der Waals surface area contributed by atoms with Crippen molar-refractivity contribution in [1.82, 2.24) is 4.98 Å². The van der Waals surface area contributed by atoms with Crippen LogP contribution in [0.15, 0.2) is 36.5 Å². The number of carbonyl (C=O) groups excluding carboxylic acids is 1. The van der Waals surface area contributed by atoms with Gasteiger partial charge in [0.05, 0.1) is 0 Å². The number of rotatable bonds is 5. The van der Waals surface area contributed by atoms with E-state index in [1.165, 1.54) is 12.3 Å². The fraction of sp³-hybridized carbons (Fsp3) is 0.200. The van der Waals surface area contributed by atoms with E-state index < -0.39 is 17.5 Å². The molecule has 0 aliphatic heterocycles. The summed E-state index contributed by atoms with van der Waals surface area (Å²) in [6.45, 7) is 2.76. The van der Waals surface area contributed by atoms with Gasteiger partial charge < -0.3 is 10.6 Å². The molecular weight excluding hydrogens is 276 g/mol. The average molecular weight is 291 g/mol. The molecule has 4 nitrogen and oxygen atoms in total. The number of nitrogens with zero attached hydrogens (tertiary/aromatic N) is 1. The molecule has 0 aliphatic carbocycles. The highest BCUT2D eigenvalue weighted by Gasteiger charge is 2.09. The van der Waals surface area contributed by atoms with Crippen molar-refractivity contribution in [3.05, 3.63) is 53.7 Å². The Balaban J connectivity index is 2.12. The van der Waals surface area contributed by atoms with E-state index in [2.05, 4.69) is 15.6 Å². The minimum Gasteiger partial charge on any atom is -0.370 e. The van der Waals surface area contributed by atoms with Gasteiger partial charge in [-0.25, -0.2) is 13.8 Å². The van der Waals surface area contributed by atoms with E-state index in [0.717, 1.165) is 31.2 Å². The van der Waals surface area contributed by atoms with Crippen molar-refractivity contribution in [1.29, 1.82) is 0 Å². The number of pyridine rings is 1. The molecule has 1 aromatic heterocycles. The molecule has 0 radical (unpaired) electrons. The summed E-state index contributed by atoms with van der Waals surface area (Å²) in [4.78, 5) is 16.1. The molecule has 0 atom stereocenters. The molecule has 0 unspecified atom stereocenters. The lowest BCUT2D eigenvalue weighted by atomic mass is 10.2. The van der Waals surface area contributed by atoms with Crippen LogP contribution >= 0.6 is 0 Å². The number of carbonyl (C=O) groups is 1. The van der Waals surface area contributed by atoms with Crippen LogP contribution in [0.25, 0.3) is 0 Å². The lowest BCUT2D eigenvalue weighted by Crippen LogP contribution is -2.13. The van der Waals surface area contributed by atoms with Crippen LogP contribution < -0.4 is 10.6 Å². The van der Waals surface area contributed by atoms with E-state index in [1.54, 1.807) is 6.07 Å². The van der Waals surface area contributed by atoms with Crippen LogP contribution in [0.1, 0.15) is 23.7 Å². The van der Waals surface area contributed by atoms with Crippen LogP contribution in [0.3, 0.4) is 0 Å². The Bertz CT molecular complexity index is 626. The van der Waals surface area contributed by atoms with E-state index in [4.69, 9.17) is 0 Å². The first-order valence-electron chi connectivity index (χ1n) is 6.56. The first-order chi connectivity index (χ1) is 10.1. The molecule has 0 saturated carbocycles. The number of anilines is 2. The van der Waals surface area contributed by atoms with Gasteiger partial charge >= 0.3 is 0 Å². The smallest absolute Gasteiger partial charge is 0.255 e. The summed E-state index contributed by atoms with van der Waals surface area (Å²) >= 11 is 0. The van der Waals surface area contributed by atoms with Crippen LogP contribution in [-0.4, -0.2) is 17.4 Å². The van der Waals surface area contributed by atoms with Gasteiger partial charge in [0, 0.05) is 30.1 Å². The fourth-order valence-electron chi connectivity index (χ4n) is 1.75. The highest BCUT2D eigenvalue weighted by molar-refractivity contribution is 6.04. The third-order valence-corrected chi connectivity index (χ3v) is 2.70. The van der Waals surface area contributed by atoms with Crippen molar-refractivity contribution < 1.29 is 13.6 Å². The molecule has 0 spiro atoms. The van der Waals surface area contributed by atoms with Crippen molar-refractivity contribution in [2.75, 3.05) is 17.2 Å². The molecule has 1 heterocycles. The van der Waals surface area contributed by atoms with E-state index >= 15 is 0 Å². The topological polar surface area (TPSA) is 54.0 Å². The van der Waals surface area contributed by atoms with Gasteiger partial charge in [-0.2, -0.15) is 0 Å². The lowest BCUT2D eigenvalue weighted by Gasteiger charge is -2.08. The van der Waals surface area contributed by atoms with Crippen molar-refractivity contribution in [3.8, 4) is 0 Å². The number of halogens is 2. The molecule has 2 rings (SSSR count). The third-order valence-electron chi connectivity index (χ3n) is 2.70. The maximum absolute atomic E-state index is 13.1. The predicted octanol–water partition coefficient (Wildman–Crippen LogP) is 3.43.